The molecule has 0 heterocycles. The zero-order valence-electron chi connectivity index (χ0n) is 39.8. The number of aliphatic hydroxyl groups is 2. The number of allylic oxidation sites excluding steroid dienone is 12. The number of carbonyl (C=O) groups excluding carboxylic acids is 2. The SMILES string of the molecule is CC/C=C\C/C=C\C/C=C\C/C=C\C/C=C\CCCCCC(=O)OC(CO)COP(=O)(O)OCC(CO)OC(=O)CCCCCCCCCCC/C=C\CCCCCCCCCC. The van der Waals surface area contributed by atoms with Crippen LogP contribution in [-0.2, 0) is 32.7 Å². The molecule has 0 aromatic heterocycles. The molecule has 0 spiro atoms. The van der Waals surface area contributed by atoms with Crippen LogP contribution in [0.15, 0.2) is 72.9 Å². The smallest absolute Gasteiger partial charge is 0.457 e. The van der Waals surface area contributed by atoms with Crippen LogP contribution in [0.2, 0.25) is 0 Å². The molecule has 0 aliphatic carbocycles. The molecule has 0 fully saturated rings. The average Bonchev–Trinajstić information content (AvgIpc) is 3.27. The van der Waals surface area contributed by atoms with Gasteiger partial charge in [0.15, 0.2) is 0 Å². The monoisotopic (exact) mass is 907 g/mol. The second kappa shape index (κ2) is 47.4. The van der Waals surface area contributed by atoms with Crippen LogP contribution in [0.25, 0.3) is 0 Å². The van der Waals surface area contributed by atoms with Crippen LogP contribution in [0.4, 0.5) is 0 Å². The highest BCUT2D eigenvalue weighted by Gasteiger charge is 2.27. The summed E-state index contributed by atoms with van der Waals surface area (Å²) in [6.45, 7) is 2.07. The van der Waals surface area contributed by atoms with E-state index < -0.39 is 58.4 Å². The fraction of sp³-hybridized carbons (Fsp3) is 0.731. The molecule has 3 unspecified atom stereocenters. The van der Waals surface area contributed by atoms with Gasteiger partial charge in [-0.25, -0.2) is 4.57 Å². The Kier molecular flexibility index (Phi) is 45.4. The molecule has 3 atom stereocenters. The summed E-state index contributed by atoms with van der Waals surface area (Å²) in [5, 5.41) is 19.2. The van der Waals surface area contributed by atoms with Crippen LogP contribution in [0.5, 0.6) is 0 Å². The summed E-state index contributed by atoms with van der Waals surface area (Å²) in [6, 6.07) is 0. The number of unbranched alkanes of at least 4 members (excludes halogenated alkanes) is 20. The van der Waals surface area contributed by atoms with E-state index >= 15 is 0 Å². The number of hydrogen-bond acceptors (Lipinski definition) is 9. The third-order valence-electron chi connectivity index (χ3n) is 10.4. The van der Waals surface area contributed by atoms with Crippen LogP contribution >= 0.6 is 7.82 Å². The van der Waals surface area contributed by atoms with Gasteiger partial charge in [-0.2, -0.15) is 0 Å². The lowest BCUT2D eigenvalue weighted by atomic mass is 10.1. The lowest BCUT2D eigenvalue weighted by Gasteiger charge is -2.20. The Morgan fingerprint density at radius 3 is 1.11 bits per heavy atom. The first kappa shape index (κ1) is 60.4. The minimum atomic E-state index is -4.66. The van der Waals surface area contributed by atoms with E-state index in [0.717, 1.165) is 70.6 Å². The number of carbonyl (C=O) groups is 2. The highest BCUT2D eigenvalue weighted by molar-refractivity contribution is 7.47. The molecule has 3 N–H and O–H groups in total. The molecule has 10 nitrogen and oxygen atoms in total. The minimum absolute atomic E-state index is 0.150. The maximum Gasteiger partial charge on any atom is 0.472 e. The molecular formula is C52H91O10P. The van der Waals surface area contributed by atoms with E-state index in [2.05, 4.69) is 86.8 Å². The number of esters is 2. The van der Waals surface area contributed by atoms with Gasteiger partial charge in [-0.05, 0) is 83.5 Å². The molecule has 0 aromatic rings. The fourth-order valence-electron chi connectivity index (χ4n) is 6.61. The van der Waals surface area contributed by atoms with Gasteiger partial charge in [0.25, 0.3) is 0 Å². The minimum Gasteiger partial charge on any atom is -0.457 e. The molecule has 11 heteroatoms. The van der Waals surface area contributed by atoms with Crippen molar-refractivity contribution < 1.29 is 47.8 Å². The number of rotatable bonds is 46. The molecule has 0 radical (unpaired) electrons. The Morgan fingerprint density at radius 2 is 0.746 bits per heavy atom. The Hall–Kier alpha value is -2.59. The Bertz CT molecular complexity index is 1270. The summed E-state index contributed by atoms with van der Waals surface area (Å²) >= 11 is 0. The van der Waals surface area contributed by atoms with Crippen LogP contribution < -0.4 is 0 Å². The maximum atomic E-state index is 12.4. The standard InChI is InChI=1S/C52H91O10P/c1-3-5-7-9-11-13-15-17-19-21-23-24-26-28-30-32-34-36-38-40-42-44-52(56)62-50(46-54)48-60-63(57,58)59-47-49(45-53)61-51(55)43-41-39-37-35-33-31-29-27-25-22-20-18-16-14-12-10-8-6-4-2/h6,8,12,14,18,20-21,23,25,27,31,33,49-50,53-54H,3-5,7,9-11,13,15-17,19,22,24,26,28-30,32,34-48H2,1-2H3,(H,57,58)/b8-6-,14-12-,20-18-,23-21-,27-25-,33-31-. The summed E-state index contributed by atoms with van der Waals surface area (Å²) < 4.78 is 32.7. The molecule has 0 aliphatic rings. The van der Waals surface area contributed by atoms with Gasteiger partial charge in [-0.1, -0.05) is 183 Å². The molecule has 0 rings (SSSR count). The third kappa shape index (κ3) is 45.8. The van der Waals surface area contributed by atoms with Crippen molar-refractivity contribution >= 4 is 19.8 Å². The van der Waals surface area contributed by atoms with Crippen molar-refractivity contribution in [2.24, 2.45) is 0 Å². The molecule has 0 saturated carbocycles. The molecule has 0 aromatic carbocycles. The van der Waals surface area contributed by atoms with Crippen LogP contribution in [-0.4, -0.2) is 65.7 Å². The van der Waals surface area contributed by atoms with Crippen molar-refractivity contribution in [3.63, 3.8) is 0 Å². The highest BCUT2D eigenvalue weighted by Crippen LogP contribution is 2.43. The van der Waals surface area contributed by atoms with Crippen molar-refractivity contribution in [2.45, 2.75) is 219 Å². The molecule has 0 saturated heterocycles. The maximum absolute atomic E-state index is 12.4. The topological polar surface area (TPSA) is 149 Å². The first-order valence-corrected chi connectivity index (χ1v) is 26.4. The normalized spacial score (nSPS) is 14.3. The zero-order valence-corrected chi connectivity index (χ0v) is 40.7. The van der Waals surface area contributed by atoms with Crippen LogP contribution in [0.1, 0.15) is 206 Å². The predicted molar refractivity (Wildman–Crippen MR) is 260 cm³/mol. The summed E-state index contributed by atoms with van der Waals surface area (Å²) in [5.41, 5.74) is 0. The van der Waals surface area contributed by atoms with E-state index in [1.54, 1.807) is 0 Å². The van der Waals surface area contributed by atoms with Crippen molar-refractivity contribution in [2.75, 3.05) is 26.4 Å². The summed E-state index contributed by atoms with van der Waals surface area (Å²) in [4.78, 5) is 34.7. The van der Waals surface area contributed by atoms with Gasteiger partial charge < -0.3 is 24.6 Å². The lowest BCUT2D eigenvalue weighted by Crippen LogP contribution is -2.28. The largest absolute Gasteiger partial charge is 0.472 e. The molecular weight excluding hydrogens is 816 g/mol. The molecule has 63 heavy (non-hydrogen) atoms. The van der Waals surface area contributed by atoms with E-state index in [9.17, 15) is 29.3 Å². The van der Waals surface area contributed by atoms with Gasteiger partial charge >= 0.3 is 19.8 Å². The van der Waals surface area contributed by atoms with Gasteiger partial charge in [0.1, 0.15) is 12.2 Å². The van der Waals surface area contributed by atoms with Crippen LogP contribution in [0.3, 0.4) is 0 Å². The van der Waals surface area contributed by atoms with E-state index in [-0.39, 0.29) is 12.8 Å². The van der Waals surface area contributed by atoms with Gasteiger partial charge in [0, 0.05) is 12.8 Å². The number of ether oxygens (including phenoxy) is 2. The van der Waals surface area contributed by atoms with Gasteiger partial charge in [-0.15, -0.1) is 0 Å². The number of aliphatic hydroxyl groups excluding tert-OH is 2. The molecule has 364 valence electrons. The first-order valence-electron chi connectivity index (χ1n) is 24.9. The Balaban J connectivity index is 3.91. The van der Waals surface area contributed by atoms with E-state index in [1.807, 2.05) is 0 Å². The number of phosphoric acid groups is 1. The summed E-state index contributed by atoms with van der Waals surface area (Å²) in [6.07, 6.45) is 55.9. The van der Waals surface area contributed by atoms with Crippen molar-refractivity contribution in [3.8, 4) is 0 Å². The molecule has 0 aliphatic heterocycles. The van der Waals surface area contributed by atoms with Gasteiger partial charge in [-0.3, -0.25) is 18.6 Å². The van der Waals surface area contributed by atoms with Gasteiger partial charge in [0.05, 0.1) is 26.4 Å². The quantitative estimate of drug-likeness (QED) is 0.0233. The Morgan fingerprint density at radius 1 is 0.444 bits per heavy atom. The lowest BCUT2D eigenvalue weighted by molar-refractivity contribution is -0.153. The second-order valence-electron chi connectivity index (χ2n) is 16.4. The highest BCUT2D eigenvalue weighted by atomic mass is 31.2. The van der Waals surface area contributed by atoms with E-state index in [1.165, 1.54) is 96.3 Å². The summed E-state index contributed by atoms with van der Waals surface area (Å²) in [7, 11) is -4.66. The van der Waals surface area contributed by atoms with Crippen molar-refractivity contribution in [1.82, 2.24) is 0 Å². The summed E-state index contributed by atoms with van der Waals surface area (Å²) in [5.74, 6) is -1.05. The fourth-order valence-corrected chi connectivity index (χ4v) is 7.39. The second-order valence-corrected chi connectivity index (χ2v) is 17.9. The molecule has 0 bridgehead atoms. The average molecular weight is 907 g/mol. The number of hydrogen-bond donors (Lipinski definition) is 3. The van der Waals surface area contributed by atoms with Gasteiger partial charge in [0.2, 0.25) is 0 Å². The first-order chi connectivity index (χ1) is 30.8. The van der Waals surface area contributed by atoms with E-state index in [4.69, 9.17) is 18.5 Å². The predicted octanol–water partition coefficient (Wildman–Crippen LogP) is 14.0. The Labute approximate surface area is 384 Å². The molecule has 0 amide bonds. The number of phosphoric ester groups is 1. The van der Waals surface area contributed by atoms with E-state index in [0.29, 0.717) is 12.8 Å². The van der Waals surface area contributed by atoms with Crippen molar-refractivity contribution in [3.05, 3.63) is 72.9 Å². The zero-order chi connectivity index (χ0) is 46.2. The van der Waals surface area contributed by atoms with Crippen LogP contribution in [0, 0.1) is 0 Å². The van der Waals surface area contributed by atoms with Crippen molar-refractivity contribution in [1.29, 1.82) is 0 Å². The third-order valence-corrected chi connectivity index (χ3v) is 11.4.